The summed E-state index contributed by atoms with van der Waals surface area (Å²) in [5, 5.41) is -0.483. The van der Waals surface area contributed by atoms with Gasteiger partial charge in [0.25, 0.3) is 0 Å². The topological polar surface area (TPSA) is 26.3 Å². The molecule has 0 fully saturated rings. The van der Waals surface area contributed by atoms with E-state index in [0.717, 1.165) is 12.8 Å². The third kappa shape index (κ3) is 5.95. The Hall–Kier alpha value is -0.180. The van der Waals surface area contributed by atoms with Gasteiger partial charge in [-0.25, -0.2) is 4.79 Å². The van der Waals surface area contributed by atoms with Gasteiger partial charge in [0.05, 0.1) is 6.61 Å². The number of carbonyl (C=O) groups excluding carboxylic acids is 1. The largest absolute Gasteiger partial charge is 0.458 e. The first kappa shape index (κ1) is 9.82. The lowest BCUT2D eigenvalue weighted by atomic mass is 10.1. The summed E-state index contributed by atoms with van der Waals surface area (Å²) in [6.45, 7) is 4.75. The highest BCUT2D eigenvalue weighted by Gasteiger charge is 1.99. The molecule has 0 aliphatic heterocycles. The van der Waals surface area contributed by atoms with Crippen LogP contribution in [0, 0.1) is 5.92 Å². The number of thiol groups is 1. The molecule has 1 atom stereocenters. The maximum Gasteiger partial charge on any atom is 0.364 e. The fraction of sp³-hybridized carbons (Fsp3) is 0.857. The molecule has 0 N–H and O–H groups in total. The van der Waals surface area contributed by atoms with Gasteiger partial charge >= 0.3 is 5.30 Å². The van der Waals surface area contributed by atoms with Gasteiger partial charge < -0.3 is 4.74 Å². The molecular formula is C7H14O2S. The van der Waals surface area contributed by atoms with E-state index < -0.39 is 5.30 Å². The Bertz CT molecular complexity index is 104. The lowest BCUT2D eigenvalue weighted by Gasteiger charge is -2.06. The van der Waals surface area contributed by atoms with E-state index in [0.29, 0.717) is 12.5 Å². The third-order valence-electron chi connectivity index (χ3n) is 1.53. The van der Waals surface area contributed by atoms with Gasteiger partial charge in [-0.1, -0.05) is 32.9 Å². The van der Waals surface area contributed by atoms with E-state index >= 15 is 0 Å². The Morgan fingerprint density at radius 1 is 1.70 bits per heavy atom. The lowest BCUT2D eigenvalue weighted by molar-refractivity contribution is 0.167. The highest BCUT2D eigenvalue weighted by Crippen LogP contribution is 2.06. The van der Waals surface area contributed by atoms with Crippen LogP contribution in [0.15, 0.2) is 0 Å². The molecule has 0 aromatic carbocycles. The van der Waals surface area contributed by atoms with E-state index in [-0.39, 0.29) is 0 Å². The SMILES string of the molecule is CCC(C)CCOC(=O)S. The summed E-state index contributed by atoms with van der Waals surface area (Å²) < 4.78 is 4.64. The van der Waals surface area contributed by atoms with Crippen LogP contribution in [0.25, 0.3) is 0 Å². The van der Waals surface area contributed by atoms with E-state index in [2.05, 4.69) is 31.2 Å². The highest BCUT2D eigenvalue weighted by molar-refractivity contribution is 7.96. The van der Waals surface area contributed by atoms with Crippen LogP contribution >= 0.6 is 12.6 Å². The molecule has 0 amide bonds. The smallest absolute Gasteiger partial charge is 0.364 e. The molecule has 0 saturated carbocycles. The Kier molecular flexibility index (Phi) is 5.49. The number of rotatable bonds is 4. The van der Waals surface area contributed by atoms with Crippen molar-refractivity contribution in [1.29, 1.82) is 0 Å². The van der Waals surface area contributed by atoms with E-state index in [1.54, 1.807) is 0 Å². The summed E-state index contributed by atoms with van der Waals surface area (Å²) >= 11 is 3.47. The number of carbonyl (C=O) groups is 1. The number of hydrogen-bond donors (Lipinski definition) is 1. The summed E-state index contributed by atoms with van der Waals surface area (Å²) in [5.74, 6) is 0.632. The second-order valence-corrected chi connectivity index (χ2v) is 2.78. The Labute approximate surface area is 67.4 Å². The minimum atomic E-state index is -0.483. The third-order valence-corrected chi connectivity index (χ3v) is 1.66. The van der Waals surface area contributed by atoms with Crippen molar-refractivity contribution in [2.75, 3.05) is 6.61 Å². The van der Waals surface area contributed by atoms with Crippen molar-refractivity contribution < 1.29 is 9.53 Å². The Morgan fingerprint density at radius 3 is 2.70 bits per heavy atom. The van der Waals surface area contributed by atoms with Crippen molar-refractivity contribution in [2.24, 2.45) is 5.92 Å². The second-order valence-electron chi connectivity index (χ2n) is 2.42. The predicted molar refractivity (Wildman–Crippen MR) is 44.4 cm³/mol. The summed E-state index contributed by atoms with van der Waals surface area (Å²) in [6.07, 6.45) is 2.06. The van der Waals surface area contributed by atoms with Crippen LogP contribution in [-0.4, -0.2) is 11.9 Å². The standard InChI is InChI=1S/C7H14O2S/c1-3-6(2)4-5-9-7(8)10/h6H,3-5H2,1-2H3,(H,8,10). The van der Waals surface area contributed by atoms with E-state index in [9.17, 15) is 4.79 Å². The van der Waals surface area contributed by atoms with Crippen LogP contribution < -0.4 is 0 Å². The van der Waals surface area contributed by atoms with Crippen molar-refractivity contribution in [2.45, 2.75) is 26.7 Å². The van der Waals surface area contributed by atoms with Gasteiger partial charge in [-0.15, -0.1) is 0 Å². The molecule has 0 saturated heterocycles. The minimum absolute atomic E-state index is 0.483. The van der Waals surface area contributed by atoms with Gasteiger partial charge in [-0.3, -0.25) is 0 Å². The van der Waals surface area contributed by atoms with Crippen LogP contribution in [0.2, 0.25) is 0 Å². The lowest BCUT2D eigenvalue weighted by Crippen LogP contribution is -2.01. The van der Waals surface area contributed by atoms with Gasteiger partial charge in [-0.05, 0) is 12.3 Å². The van der Waals surface area contributed by atoms with Gasteiger partial charge in [0, 0.05) is 0 Å². The summed E-state index contributed by atoms with van der Waals surface area (Å²) in [6, 6.07) is 0. The molecule has 0 aliphatic carbocycles. The zero-order valence-electron chi connectivity index (χ0n) is 6.46. The number of hydrogen-bond acceptors (Lipinski definition) is 2. The van der Waals surface area contributed by atoms with Crippen molar-refractivity contribution in [3.05, 3.63) is 0 Å². The quantitative estimate of drug-likeness (QED) is 0.507. The van der Waals surface area contributed by atoms with Gasteiger partial charge in [0.15, 0.2) is 0 Å². The first-order chi connectivity index (χ1) is 4.66. The molecule has 0 aromatic rings. The second kappa shape index (κ2) is 5.59. The molecule has 1 unspecified atom stereocenters. The molecule has 0 rings (SSSR count). The molecule has 0 radical (unpaired) electrons. The number of ether oxygens (including phenoxy) is 1. The maximum atomic E-state index is 10.2. The van der Waals surface area contributed by atoms with Crippen LogP contribution in [0.4, 0.5) is 4.79 Å². The molecule has 0 aromatic heterocycles. The minimum Gasteiger partial charge on any atom is -0.458 e. The molecule has 0 bridgehead atoms. The zero-order chi connectivity index (χ0) is 7.98. The molecule has 0 heterocycles. The van der Waals surface area contributed by atoms with Crippen LogP contribution in [0.3, 0.4) is 0 Å². The van der Waals surface area contributed by atoms with Gasteiger partial charge in [0.2, 0.25) is 0 Å². The normalized spacial score (nSPS) is 12.7. The van der Waals surface area contributed by atoms with E-state index in [1.807, 2.05) is 0 Å². The van der Waals surface area contributed by atoms with E-state index in [4.69, 9.17) is 0 Å². The summed E-state index contributed by atoms with van der Waals surface area (Å²) in [7, 11) is 0. The summed E-state index contributed by atoms with van der Waals surface area (Å²) in [4.78, 5) is 10.2. The average molecular weight is 162 g/mol. The molecular weight excluding hydrogens is 148 g/mol. The molecule has 2 nitrogen and oxygen atoms in total. The molecule has 10 heavy (non-hydrogen) atoms. The van der Waals surface area contributed by atoms with E-state index in [1.165, 1.54) is 0 Å². The Morgan fingerprint density at radius 2 is 2.30 bits per heavy atom. The van der Waals surface area contributed by atoms with Crippen molar-refractivity contribution in [3.63, 3.8) is 0 Å². The molecule has 0 aliphatic rings. The monoisotopic (exact) mass is 162 g/mol. The van der Waals surface area contributed by atoms with Crippen LogP contribution in [-0.2, 0) is 4.74 Å². The van der Waals surface area contributed by atoms with Gasteiger partial charge in [0.1, 0.15) is 0 Å². The van der Waals surface area contributed by atoms with Crippen molar-refractivity contribution in [3.8, 4) is 0 Å². The molecule has 60 valence electrons. The summed E-state index contributed by atoms with van der Waals surface area (Å²) in [5.41, 5.74) is 0. The van der Waals surface area contributed by atoms with Crippen LogP contribution in [0.1, 0.15) is 26.7 Å². The molecule has 0 spiro atoms. The fourth-order valence-corrected chi connectivity index (χ4v) is 0.643. The highest BCUT2D eigenvalue weighted by atomic mass is 32.1. The zero-order valence-corrected chi connectivity index (χ0v) is 7.36. The Balaban J connectivity index is 3.11. The van der Waals surface area contributed by atoms with Crippen molar-refractivity contribution in [1.82, 2.24) is 0 Å². The average Bonchev–Trinajstić information content (AvgIpc) is 1.87. The first-order valence-electron chi connectivity index (χ1n) is 3.52. The van der Waals surface area contributed by atoms with Crippen molar-refractivity contribution >= 4 is 17.9 Å². The maximum absolute atomic E-state index is 10.2. The van der Waals surface area contributed by atoms with Gasteiger partial charge in [-0.2, -0.15) is 0 Å². The fourth-order valence-electron chi connectivity index (χ4n) is 0.552. The predicted octanol–water partition coefficient (Wildman–Crippen LogP) is 2.49. The van der Waals surface area contributed by atoms with Crippen LogP contribution in [0.5, 0.6) is 0 Å². The first-order valence-corrected chi connectivity index (χ1v) is 3.97. The molecule has 3 heteroatoms.